The number of fused-ring (bicyclic) bond motifs is 5. The van der Waals surface area contributed by atoms with Gasteiger partial charge in [-0.05, 0) is 188 Å². The van der Waals surface area contributed by atoms with Crippen molar-refractivity contribution in [1.82, 2.24) is 0 Å². The Morgan fingerprint density at radius 3 is 2.22 bits per heavy atom. The number of esters is 2. The van der Waals surface area contributed by atoms with E-state index in [0.29, 0.717) is 55.1 Å². The van der Waals surface area contributed by atoms with Gasteiger partial charge in [-0.2, -0.15) is 0 Å². The maximum atomic E-state index is 13.0. The second-order valence-electron chi connectivity index (χ2n) is 20.4. The number of aliphatic hydroxyl groups excluding tert-OH is 1. The van der Waals surface area contributed by atoms with Crippen molar-refractivity contribution in [3.8, 4) is 0 Å². The quantitative estimate of drug-likeness (QED) is 0.116. The summed E-state index contributed by atoms with van der Waals surface area (Å²) in [6.07, 6.45) is 17.6. The second kappa shape index (κ2) is 14.5. The van der Waals surface area contributed by atoms with Gasteiger partial charge < -0.3 is 24.1 Å². The van der Waals surface area contributed by atoms with Crippen LogP contribution in [0.2, 0.25) is 0 Å². The lowest BCUT2D eigenvalue weighted by Crippen LogP contribution is -2.59. The molecule has 8 fully saturated rings. The fourth-order valence-electron chi connectivity index (χ4n) is 14.2. The van der Waals surface area contributed by atoms with Gasteiger partial charge in [0.15, 0.2) is 6.29 Å². The standard InChI is InChI=1S/C44H72O7/c1-8-41(4,5)40(47)51-33-15-16-42(6)32(22-33)10-11-34-36-13-12-35(43(36,7)38(45)23-37(34)42)27(2)9-14-39(46)50-28(3)48-17-18-49-44-24-29-19-30(25-44)21-31(20-29)26-44/h27-38,45H,8-26H2,1-7H3/t27?,28?,29?,30?,31?,32?,33?,34?,35?,36?,37?,38?,42-,43+,44?/m0/s1. The van der Waals surface area contributed by atoms with Gasteiger partial charge in [-0.1, -0.05) is 27.7 Å². The third kappa shape index (κ3) is 7.21. The number of carbonyl (C=O) groups excluding carboxylic acids is 2. The highest BCUT2D eigenvalue weighted by Crippen LogP contribution is 2.68. The van der Waals surface area contributed by atoms with E-state index < -0.39 is 11.7 Å². The molecule has 8 rings (SSSR count). The molecule has 11 atom stereocenters. The van der Waals surface area contributed by atoms with Crippen LogP contribution in [0.25, 0.3) is 0 Å². The summed E-state index contributed by atoms with van der Waals surface area (Å²) in [5, 5.41) is 12.0. The van der Waals surface area contributed by atoms with Gasteiger partial charge in [0.1, 0.15) is 6.10 Å². The topological polar surface area (TPSA) is 91.3 Å². The van der Waals surface area contributed by atoms with Gasteiger partial charge >= 0.3 is 11.9 Å². The van der Waals surface area contributed by atoms with Crippen LogP contribution in [0.15, 0.2) is 0 Å². The van der Waals surface area contributed by atoms with E-state index in [9.17, 15) is 14.7 Å². The molecule has 290 valence electrons. The van der Waals surface area contributed by atoms with E-state index in [1.54, 1.807) is 0 Å². The van der Waals surface area contributed by atoms with E-state index in [1.807, 2.05) is 20.8 Å². The lowest BCUT2D eigenvalue weighted by molar-refractivity contribution is -0.194. The van der Waals surface area contributed by atoms with Crippen molar-refractivity contribution in [2.24, 2.45) is 69.5 Å². The summed E-state index contributed by atoms with van der Waals surface area (Å²) in [6, 6.07) is 0. The highest BCUT2D eigenvalue weighted by atomic mass is 16.7. The van der Waals surface area contributed by atoms with Gasteiger partial charge in [0.2, 0.25) is 0 Å². The molecule has 0 amide bonds. The molecule has 51 heavy (non-hydrogen) atoms. The maximum Gasteiger partial charge on any atom is 0.311 e. The molecular formula is C44H72O7. The summed E-state index contributed by atoms with van der Waals surface area (Å²) < 4.78 is 24.2. The third-order valence-corrected chi connectivity index (χ3v) is 17.1. The van der Waals surface area contributed by atoms with Crippen LogP contribution in [0.1, 0.15) is 158 Å². The van der Waals surface area contributed by atoms with Crippen LogP contribution in [0.5, 0.6) is 0 Å². The second-order valence-corrected chi connectivity index (χ2v) is 20.4. The van der Waals surface area contributed by atoms with Crippen molar-refractivity contribution in [2.75, 3.05) is 13.2 Å². The fraction of sp³-hybridized carbons (Fsp3) is 0.955. The number of hydrogen-bond acceptors (Lipinski definition) is 7. The Morgan fingerprint density at radius 2 is 1.55 bits per heavy atom. The van der Waals surface area contributed by atoms with E-state index in [1.165, 1.54) is 57.8 Å². The zero-order valence-electron chi connectivity index (χ0n) is 33.3. The SMILES string of the molecule is CCC(C)(C)C(=O)OC1CC[C@@]2(C)C(CCC3C2CC(O)[C@]2(C)C(C(C)CCC(=O)OC(C)OCCOC45CC6CC(CC(C6)C4)C5)CCC32)C1. The summed E-state index contributed by atoms with van der Waals surface area (Å²) in [6.45, 7) is 16.1. The zero-order chi connectivity index (χ0) is 36.3. The molecule has 8 saturated carbocycles. The summed E-state index contributed by atoms with van der Waals surface area (Å²) in [5.41, 5.74) is -0.263. The van der Waals surface area contributed by atoms with Crippen LogP contribution in [-0.2, 0) is 28.5 Å². The average molecular weight is 713 g/mol. The highest BCUT2D eigenvalue weighted by Gasteiger charge is 2.64. The first kappa shape index (κ1) is 38.1. The molecule has 0 saturated heterocycles. The maximum absolute atomic E-state index is 13.0. The van der Waals surface area contributed by atoms with Crippen molar-refractivity contribution in [2.45, 2.75) is 182 Å². The number of aliphatic hydroxyl groups is 1. The third-order valence-electron chi connectivity index (χ3n) is 17.1. The Morgan fingerprint density at radius 1 is 0.863 bits per heavy atom. The summed E-state index contributed by atoms with van der Waals surface area (Å²) in [4.78, 5) is 25.8. The molecule has 0 aromatic heterocycles. The monoisotopic (exact) mass is 713 g/mol. The van der Waals surface area contributed by atoms with Gasteiger partial charge in [0.05, 0.1) is 30.3 Å². The van der Waals surface area contributed by atoms with Gasteiger partial charge in [-0.15, -0.1) is 0 Å². The Kier molecular flexibility index (Phi) is 10.8. The molecule has 7 nitrogen and oxygen atoms in total. The summed E-state index contributed by atoms with van der Waals surface area (Å²) in [5.74, 6) is 5.34. The lowest BCUT2D eigenvalue weighted by atomic mass is 9.43. The van der Waals surface area contributed by atoms with E-state index in [4.69, 9.17) is 18.9 Å². The Labute approximate surface area is 309 Å². The van der Waals surface area contributed by atoms with E-state index >= 15 is 0 Å². The van der Waals surface area contributed by atoms with Crippen LogP contribution in [-0.4, -0.2) is 54.4 Å². The molecule has 0 aromatic carbocycles. The lowest BCUT2D eigenvalue weighted by Gasteiger charge is -2.62. The first-order valence-corrected chi connectivity index (χ1v) is 21.5. The minimum absolute atomic E-state index is 0.0276. The molecule has 0 heterocycles. The van der Waals surface area contributed by atoms with Crippen molar-refractivity contribution in [3.63, 3.8) is 0 Å². The largest absolute Gasteiger partial charge is 0.462 e. The van der Waals surface area contributed by atoms with Gasteiger partial charge in [0, 0.05) is 6.42 Å². The minimum Gasteiger partial charge on any atom is -0.462 e. The van der Waals surface area contributed by atoms with E-state index in [2.05, 4.69) is 27.7 Å². The number of hydrogen-bond donors (Lipinski definition) is 1. The number of carbonyl (C=O) groups is 2. The molecule has 0 aliphatic heterocycles. The predicted molar refractivity (Wildman–Crippen MR) is 197 cm³/mol. The number of rotatable bonds is 13. The normalized spacial score (nSPS) is 45.3. The Balaban J connectivity index is 0.865. The molecule has 8 aliphatic rings. The first-order valence-electron chi connectivity index (χ1n) is 21.5. The smallest absolute Gasteiger partial charge is 0.311 e. The molecule has 0 radical (unpaired) electrons. The van der Waals surface area contributed by atoms with Crippen LogP contribution >= 0.6 is 0 Å². The van der Waals surface area contributed by atoms with Crippen molar-refractivity contribution in [1.29, 1.82) is 0 Å². The molecule has 0 aromatic rings. The first-order chi connectivity index (χ1) is 24.2. The summed E-state index contributed by atoms with van der Waals surface area (Å²) in [7, 11) is 0. The van der Waals surface area contributed by atoms with Crippen LogP contribution in [0.3, 0.4) is 0 Å². The molecule has 1 N–H and O–H groups in total. The van der Waals surface area contributed by atoms with Gasteiger partial charge in [-0.3, -0.25) is 9.59 Å². The molecule has 8 aliphatic carbocycles. The Bertz CT molecular complexity index is 1230. The van der Waals surface area contributed by atoms with Crippen LogP contribution in [0.4, 0.5) is 0 Å². The van der Waals surface area contributed by atoms with E-state index in [-0.39, 0.29) is 40.6 Å². The zero-order valence-corrected chi connectivity index (χ0v) is 33.3. The van der Waals surface area contributed by atoms with E-state index in [0.717, 1.165) is 62.7 Å². The highest BCUT2D eigenvalue weighted by molar-refractivity contribution is 5.76. The molecule has 7 heteroatoms. The predicted octanol–water partition coefficient (Wildman–Crippen LogP) is 9.27. The molecule has 0 spiro atoms. The molecule has 9 unspecified atom stereocenters. The van der Waals surface area contributed by atoms with Crippen molar-refractivity contribution >= 4 is 11.9 Å². The minimum atomic E-state index is -0.569. The Hall–Kier alpha value is -1.18. The van der Waals surface area contributed by atoms with Crippen LogP contribution < -0.4 is 0 Å². The average Bonchev–Trinajstić information content (AvgIpc) is 3.44. The molecular weight excluding hydrogens is 640 g/mol. The van der Waals surface area contributed by atoms with Crippen molar-refractivity contribution in [3.05, 3.63) is 0 Å². The fourth-order valence-corrected chi connectivity index (χ4v) is 14.2. The van der Waals surface area contributed by atoms with Gasteiger partial charge in [-0.25, -0.2) is 0 Å². The summed E-state index contributed by atoms with van der Waals surface area (Å²) >= 11 is 0. The van der Waals surface area contributed by atoms with Crippen molar-refractivity contribution < 1.29 is 33.6 Å². The van der Waals surface area contributed by atoms with Crippen LogP contribution in [0, 0.1) is 69.5 Å². The van der Waals surface area contributed by atoms with Gasteiger partial charge in [0.25, 0.3) is 0 Å². The molecule has 4 bridgehead atoms. The number of ether oxygens (including phenoxy) is 4.